The molecule has 2 amide bonds. The molecule has 0 aromatic heterocycles. The van der Waals surface area contributed by atoms with E-state index in [1.54, 1.807) is 6.92 Å². The highest BCUT2D eigenvalue weighted by molar-refractivity contribution is 5.81. The molecule has 1 rings (SSSR count). The van der Waals surface area contributed by atoms with Gasteiger partial charge in [-0.1, -0.05) is 0 Å². The van der Waals surface area contributed by atoms with Gasteiger partial charge in [0.15, 0.2) is 0 Å². The van der Waals surface area contributed by atoms with Crippen LogP contribution >= 0.6 is 0 Å². The van der Waals surface area contributed by atoms with Crippen molar-refractivity contribution < 1.29 is 22.8 Å². The molecular weight excluding hydrogens is 313 g/mol. The van der Waals surface area contributed by atoms with Crippen LogP contribution in [0.25, 0.3) is 0 Å². The van der Waals surface area contributed by atoms with Gasteiger partial charge in [-0.25, -0.2) is 0 Å². The Morgan fingerprint density at radius 3 is 2.13 bits per heavy atom. The lowest BCUT2D eigenvalue weighted by molar-refractivity contribution is -0.141. The largest absolute Gasteiger partial charge is 0.405 e. The Morgan fingerprint density at radius 1 is 1.09 bits per heavy atom. The van der Waals surface area contributed by atoms with E-state index in [2.05, 4.69) is 5.32 Å². The first-order valence-electron chi connectivity index (χ1n) is 7.68. The zero-order valence-corrected chi connectivity index (χ0v) is 13.7. The fourth-order valence-electron chi connectivity index (χ4n) is 2.38. The molecule has 0 spiro atoms. The summed E-state index contributed by atoms with van der Waals surface area (Å²) in [5, 5.41) is 4.71. The van der Waals surface area contributed by atoms with Crippen molar-refractivity contribution in [3.05, 3.63) is 0 Å². The van der Waals surface area contributed by atoms with E-state index in [0.29, 0.717) is 32.7 Å². The smallest absolute Gasteiger partial charge is 0.353 e. The average molecular weight is 338 g/mol. The highest BCUT2D eigenvalue weighted by atomic mass is 19.4. The molecule has 0 aliphatic carbocycles. The van der Waals surface area contributed by atoms with Gasteiger partial charge in [0.2, 0.25) is 11.8 Å². The van der Waals surface area contributed by atoms with Crippen molar-refractivity contribution in [2.24, 2.45) is 0 Å². The monoisotopic (exact) mass is 338 g/mol. The molecule has 0 aromatic carbocycles. The predicted octanol–water partition coefficient (Wildman–Crippen LogP) is 0.196. The first-order valence-corrected chi connectivity index (χ1v) is 7.68. The molecular formula is C14H25F3N4O2. The van der Waals surface area contributed by atoms with Crippen LogP contribution in [0.15, 0.2) is 0 Å². The van der Waals surface area contributed by atoms with E-state index in [1.165, 1.54) is 0 Å². The molecule has 134 valence electrons. The standard InChI is InChI=1S/C14H25F3N4O2/c1-10(2)19-12(22)8-20-4-6-21(7-5-20)11(3)13(23)18-9-14(15,16)17/h10-11H,4-9H2,1-3H3,(H,18,23)(H,19,22)/t11-/m1/s1. The molecule has 1 saturated heterocycles. The normalized spacial score (nSPS) is 18.7. The summed E-state index contributed by atoms with van der Waals surface area (Å²) in [6, 6.07) is -0.537. The molecule has 6 nitrogen and oxygen atoms in total. The van der Waals surface area contributed by atoms with Crippen LogP contribution in [0.4, 0.5) is 13.2 Å². The van der Waals surface area contributed by atoms with E-state index in [9.17, 15) is 22.8 Å². The molecule has 2 N–H and O–H groups in total. The van der Waals surface area contributed by atoms with Gasteiger partial charge in [0.05, 0.1) is 12.6 Å². The minimum absolute atomic E-state index is 0.0515. The van der Waals surface area contributed by atoms with Gasteiger partial charge in [-0.2, -0.15) is 13.2 Å². The molecule has 23 heavy (non-hydrogen) atoms. The molecule has 0 radical (unpaired) electrons. The van der Waals surface area contributed by atoms with Crippen LogP contribution in [0, 0.1) is 0 Å². The van der Waals surface area contributed by atoms with Crippen molar-refractivity contribution in [3.8, 4) is 0 Å². The molecule has 0 unspecified atom stereocenters. The Labute approximate surface area is 134 Å². The van der Waals surface area contributed by atoms with Crippen LogP contribution in [0.2, 0.25) is 0 Å². The van der Waals surface area contributed by atoms with Crippen molar-refractivity contribution >= 4 is 11.8 Å². The van der Waals surface area contributed by atoms with Crippen molar-refractivity contribution in [2.45, 2.75) is 39.0 Å². The fraction of sp³-hybridized carbons (Fsp3) is 0.857. The number of hydrogen-bond acceptors (Lipinski definition) is 4. The summed E-state index contributed by atoms with van der Waals surface area (Å²) in [6.45, 7) is 6.61. The first-order chi connectivity index (χ1) is 10.6. The number of halogens is 3. The lowest BCUT2D eigenvalue weighted by Crippen LogP contribution is -2.55. The van der Waals surface area contributed by atoms with Gasteiger partial charge < -0.3 is 10.6 Å². The number of nitrogens with zero attached hydrogens (tertiary/aromatic N) is 2. The van der Waals surface area contributed by atoms with Gasteiger partial charge in [0, 0.05) is 32.2 Å². The maximum absolute atomic E-state index is 12.1. The maximum Gasteiger partial charge on any atom is 0.405 e. The van der Waals surface area contributed by atoms with E-state index < -0.39 is 24.7 Å². The quantitative estimate of drug-likeness (QED) is 0.726. The summed E-state index contributed by atoms with van der Waals surface area (Å²) in [6.07, 6.45) is -4.40. The zero-order chi connectivity index (χ0) is 17.6. The van der Waals surface area contributed by atoms with Crippen molar-refractivity contribution in [1.29, 1.82) is 0 Å². The van der Waals surface area contributed by atoms with E-state index in [-0.39, 0.29) is 11.9 Å². The molecule has 1 aliphatic rings. The number of hydrogen-bond donors (Lipinski definition) is 2. The molecule has 0 saturated carbocycles. The molecule has 1 aliphatic heterocycles. The van der Waals surface area contributed by atoms with Gasteiger partial charge in [0.1, 0.15) is 6.54 Å². The number of amides is 2. The maximum atomic E-state index is 12.1. The van der Waals surface area contributed by atoms with Crippen molar-refractivity contribution in [3.63, 3.8) is 0 Å². The van der Waals surface area contributed by atoms with Crippen LogP contribution in [0.5, 0.6) is 0 Å². The lowest BCUT2D eigenvalue weighted by atomic mass is 10.2. The summed E-state index contributed by atoms with van der Waals surface area (Å²) >= 11 is 0. The molecule has 1 atom stereocenters. The molecule has 0 aromatic rings. The zero-order valence-electron chi connectivity index (χ0n) is 13.7. The van der Waals surface area contributed by atoms with E-state index in [1.807, 2.05) is 29.0 Å². The minimum atomic E-state index is -4.40. The lowest BCUT2D eigenvalue weighted by Gasteiger charge is -2.37. The number of rotatable bonds is 6. The van der Waals surface area contributed by atoms with E-state index >= 15 is 0 Å². The van der Waals surface area contributed by atoms with E-state index in [4.69, 9.17) is 0 Å². The Bertz CT molecular complexity index is 407. The van der Waals surface area contributed by atoms with Crippen molar-refractivity contribution in [2.75, 3.05) is 39.3 Å². The fourth-order valence-corrected chi connectivity index (χ4v) is 2.38. The van der Waals surface area contributed by atoms with Crippen molar-refractivity contribution in [1.82, 2.24) is 20.4 Å². The molecule has 9 heteroatoms. The van der Waals surface area contributed by atoms with Crippen LogP contribution < -0.4 is 10.6 Å². The number of alkyl halides is 3. The Balaban J connectivity index is 2.34. The minimum Gasteiger partial charge on any atom is -0.353 e. The third-order valence-electron chi connectivity index (χ3n) is 3.61. The second-order valence-electron chi connectivity index (χ2n) is 6.04. The van der Waals surface area contributed by atoms with Crippen LogP contribution in [0.1, 0.15) is 20.8 Å². The summed E-state index contributed by atoms with van der Waals surface area (Å²) in [5.41, 5.74) is 0. The van der Waals surface area contributed by atoms with Crippen LogP contribution in [-0.2, 0) is 9.59 Å². The number of carbonyl (C=O) groups is 2. The Morgan fingerprint density at radius 2 is 1.65 bits per heavy atom. The van der Waals surface area contributed by atoms with Gasteiger partial charge in [-0.05, 0) is 20.8 Å². The second-order valence-corrected chi connectivity index (χ2v) is 6.04. The SMILES string of the molecule is CC(C)NC(=O)CN1CCN([C@H](C)C(=O)NCC(F)(F)F)CC1. The summed E-state index contributed by atoms with van der Waals surface area (Å²) < 4.78 is 36.3. The average Bonchev–Trinajstić information content (AvgIpc) is 2.43. The summed E-state index contributed by atoms with van der Waals surface area (Å²) in [7, 11) is 0. The highest BCUT2D eigenvalue weighted by Gasteiger charge is 2.31. The molecule has 0 bridgehead atoms. The number of nitrogens with one attached hydrogen (secondary N) is 2. The van der Waals surface area contributed by atoms with Crippen LogP contribution in [-0.4, -0.2) is 79.1 Å². The van der Waals surface area contributed by atoms with Gasteiger partial charge in [-0.3, -0.25) is 19.4 Å². The third-order valence-corrected chi connectivity index (χ3v) is 3.61. The van der Waals surface area contributed by atoms with Crippen LogP contribution in [0.3, 0.4) is 0 Å². The summed E-state index contributed by atoms with van der Waals surface area (Å²) in [5.74, 6) is -0.683. The molecule has 1 heterocycles. The predicted molar refractivity (Wildman–Crippen MR) is 79.8 cm³/mol. The number of carbonyl (C=O) groups excluding carboxylic acids is 2. The number of piperazine rings is 1. The van der Waals surface area contributed by atoms with Gasteiger partial charge in [0.25, 0.3) is 0 Å². The van der Waals surface area contributed by atoms with Gasteiger partial charge >= 0.3 is 6.18 Å². The first kappa shape index (κ1) is 19.7. The topological polar surface area (TPSA) is 64.7 Å². The summed E-state index contributed by atoms with van der Waals surface area (Å²) in [4.78, 5) is 27.2. The molecule has 1 fully saturated rings. The third kappa shape index (κ3) is 7.65. The Kier molecular flexibility index (Phi) is 7.27. The second kappa shape index (κ2) is 8.49. The highest BCUT2D eigenvalue weighted by Crippen LogP contribution is 2.13. The Hall–Kier alpha value is -1.35. The van der Waals surface area contributed by atoms with Gasteiger partial charge in [-0.15, -0.1) is 0 Å². The van der Waals surface area contributed by atoms with E-state index in [0.717, 1.165) is 0 Å².